The van der Waals surface area contributed by atoms with E-state index in [1.165, 1.54) is 30.3 Å². The Morgan fingerprint density at radius 2 is 1.80 bits per heavy atom. The molecule has 1 atom stereocenters. The lowest BCUT2D eigenvalue weighted by molar-refractivity contribution is -0.138. The van der Waals surface area contributed by atoms with Gasteiger partial charge in [-0.3, -0.25) is 4.79 Å². The van der Waals surface area contributed by atoms with Crippen LogP contribution in [-0.4, -0.2) is 11.1 Å². The minimum absolute atomic E-state index is 0.0140. The van der Waals surface area contributed by atoms with Gasteiger partial charge in [0.1, 0.15) is 11.6 Å². The van der Waals surface area contributed by atoms with Crippen LogP contribution >= 0.6 is 15.9 Å². The monoisotopic (exact) mass is 340 g/mol. The maximum Gasteiger partial charge on any atom is 0.311 e. The average molecular weight is 341 g/mol. The third kappa shape index (κ3) is 3.42. The third-order valence-corrected chi connectivity index (χ3v) is 3.50. The second kappa shape index (κ2) is 6.13. The van der Waals surface area contributed by atoms with Crippen molar-refractivity contribution in [2.24, 2.45) is 0 Å². The molecule has 2 aromatic rings. The molecule has 2 rings (SSSR count). The van der Waals surface area contributed by atoms with Crippen LogP contribution in [0.1, 0.15) is 17.0 Å². The van der Waals surface area contributed by atoms with Crippen LogP contribution in [0.2, 0.25) is 0 Å². The first-order chi connectivity index (χ1) is 9.47. The first kappa shape index (κ1) is 14.7. The zero-order chi connectivity index (χ0) is 14.7. The Morgan fingerprint density at radius 1 is 1.15 bits per heavy atom. The van der Waals surface area contributed by atoms with E-state index in [0.717, 1.165) is 0 Å². The molecular formula is C15H11BrF2O2. The van der Waals surface area contributed by atoms with E-state index in [2.05, 4.69) is 15.9 Å². The topological polar surface area (TPSA) is 37.3 Å². The zero-order valence-electron chi connectivity index (χ0n) is 10.3. The molecule has 0 fully saturated rings. The summed E-state index contributed by atoms with van der Waals surface area (Å²) < 4.78 is 27.2. The molecule has 2 aromatic carbocycles. The molecule has 0 saturated carbocycles. The number of carboxylic acid groups (broad SMARTS) is 1. The van der Waals surface area contributed by atoms with Gasteiger partial charge in [0.2, 0.25) is 0 Å². The number of hydrogen-bond donors (Lipinski definition) is 1. The highest BCUT2D eigenvalue weighted by Crippen LogP contribution is 2.24. The number of benzene rings is 2. The van der Waals surface area contributed by atoms with Crippen molar-refractivity contribution in [3.63, 3.8) is 0 Å². The fraction of sp³-hybridized carbons (Fsp3) is 0.133. The number of halogens is 3. The molecule has 1 unspecified atom stereocenters. The normalized spacial score (nSPS) is 12.2. The lowest BCUT2D eigenvalue weighted by Gasteiger charge is -2.13. The Balaban J connectivity index is 2.30. The van der Waals surface area contributed by atoms with E-state index in [4.69, 9.17) is 0 Å². The first-order valence-corrected chi connectivity index (χ1v) is 6.69. The van der Waals surface area contributed by atoms with E-state index >= 15 is 0 Å². The molecule has 104 valence electrons. The van der Waals surface area contributed by atoms with Gasteiger partial charge in [0.05, 0.1) is 5.92 Å². The molecule has 0 radical (unpaired) electrons. The van der Waals surface area contributed by atoms with E-state index in [1.54, 1.807) is 12.1 Å². The van der Waals surface area contributed by atoms with Crippen molar-refractivity contribution in [2.45, 2.75) is 12.3 Å². The van der Waals surface area contributed by atoms with Crippen LogP contribution in [0.5, 0.6) is 0 Å². The number of carbonyl (C=O) groups is 1. The number of aliphatic carboxylic acids is 1. The predicted molar refractivity (Wildman–Crippen MR) is 74.6 cm³/mol. The molecule has 0 saturated heterocycles. The molecule has 0 aliphatic heterocycles. The smallest absolute Gasteiger partial charge is 0.311 e. The lowest BCUT2D eigenvalue weighted by atomic mass is 9.92. The largest absolute Gasteiger partial charge is 0.481 e. The van der Waals surface area contributed by atoms with Gasteiger partial charge in [0.25, 0.3) is 0 Å². The number of rotatable bonds is 4. The average Bonchev–Trinajstić information content (AvgIpc) is 2.39. The van der Waals surface area contributed by atoms with Gasteiger partial charge in [-0.1, -0.05) is 34.1 Å². The van der Waals surface area contributed by atoms with E-state index in [9.17, 15) is 18.7 Å². The van der Waals surface area contributed by atoms with Gasteiger partial charge in [-0.15, -0.1) is 0 Å². The summed E-state index contributed by atoms with van der Waals surface area (Å²) >= 11 is 3.15. The summed E-state index contributed by atoms with van der Waals surface area (Å²) in [5.74, 6) is -2.88. The molecular weight excluding hydrogens is 330 g/mol. The fourth-order valence-corrected chi connectivity index (χ4v) is 2.28. The Kier molecular flexibility index (Phi) is 4.49. The SMILES string of the molecule is O=C(O)C(Cc1ccc(Br)cc1F)c1ccc(F)cc1. The molecule has 2 nitrogen and oxygen atoms in total. The van der Waals surface area contributed by atoms with Crippen LogP contribution in [-0.2, 0) is 11.2 Å². The van der Waals surface area contributed by atoms with E-state index in [0.29, 0.717) is 15.6 Å². The Bertz CT molecular complexity index is 626. The van der Waals surface area contributed by atoms with Crippen LogP contribution in [0.15, 0.2) is 46.9 Å². The number of carboxylic acids is 1. The molecule has 5 heteroatoms. The van der Waals surface area contributed by atoms with Crippen LogP contribution in [0.25, 0.3) is 0 Å². The van der Waals surface area contributed by atoms with Crippen molar-refractivity contribution in [1.29, 1.82) is 0 Å². The molecule has 0 bridgehead atoms. The Morgan fingerprint density at radius 3 is 2.35 bits per heavy atom. The van der Waals surface area contributed by atoms with Crippen molar-refractivity contribution in [2.75, 3.05) is 0 Å². The van der Waals surface area contributed by atoms with Gasteiger partial charge >= 0.3 is 5.97 Å². The van der Waals surface area contributed by atoms with Gasteiger partial charge < -0.3 is 5.11 Å². The standard InChI is InChI=1S/C15H11BrF2O2/c16-11-4-1-10(14(18)8-11)7-13(15(19)20)9-2-5-12(17)6-3-9/h1-6,8,13H,7H2,(H,19,20). The Hall–Kier alpha value is -1.75. The molecule has 20 heavy (non-hydrogen) atoms. The minimum Gasteiger partial charge on any atom is -0.481 e. The third-order valence-electron chi connectivity index (χ3n) is 3.01. The van der Waals surface area contributed by atoms with Crippen molar-refractivity contribution >= 4 is 21.9 Å². The van der Waals surface area contributed by atoms with E-state index < -0.39 is 23.5 Å². The van der Waals surface area contributed by atoms with Gasteiger partial charge in [0, 0.05) is 4.47 Å². The molecule has 0 aliphatic carbocycles. The lowest BCUT2D eigenvalue weighted by Crippen LogP contribution is -2.15. The summed E-state index contributed by atoms with van der Waals surface area (Å²) in [7, 11) is 0. The van der Waals surface area contributed by atoms with Crippen molar-refractivity contribution < 1.29 is 18.7 Å². The molecule has 0 aliphatic rings. The van der Waals surface area contributed by atoms with Crippen LogP contribution in [0.3, 0.4) is 0 Å². The molecule has 0 spiro atoms. The van der Waals surface area contributed by atoms with Crippen molar-refractivity contribution in [1.82, 2.24) is 0 Å². The minimum atomic E-state index is -1.07. The zero-order valence-corrected chi connectivity index (χ0v) is 11.9. The maximum atomic E-state index is 13.8. The summed E-state index contributed by atoms with van der Waals surface area (Å²) in [6.45, 7) is 0. The van der Waals surface area contributed by atoms with Crippen molar-refractivity contribution in [3.8, 4) is 0 Å². The second-order valence-electron chi connectivity index (χ2n) is 4.38. The van der Waals surface area contributed by atoms with Gasteiger partial charge in [-0.05, 0) is 41.8 Å². The quantitative estimate of drug-likeness (QED) is 0.908. The molecule has 1 N–H and O–H groups in total. The summed E-state index contributed by atoms with van der Waals surface area (Å²) in [6, 6.07) is 9.70. The maximum absolute atomic E-state index is 13.8. The van der Waals surface area contributed by atoms with Crippen LogP contribution in [0, 0.1) is 11.6 Å². The highest BCUT2D eigenvalue weighted by molar-refractivity contribution is 9.10. The highest BCUT2D eigenvalue weighted by Gasteiger charge is 2.21. The van der Waals surface area contributed by atoms with Crippen LogP contribution in [0.4, 0.5) is 8.78 Å². The van der Waals surface area contributed by atoms with Gasteiger partial charge in [-0.25, -0.2) is 8.78 Å². The summed E-state index contributed by atoms with van der Waals surface area (Å²) in [4.78, 5) is 11.3. The molecule has 0 amide bonds. The van der Waals surface area contributed by atoms with E-state index in [-0.39, 0.29) is 6.42 Å². The summed E-state index contributed by atoms with van der Waals surface area (Å²) in [5.41, 5.74) is 0.756. The summed E-state index contributed by atoms with van der Waals surface area (Å²) in [5, 5.41) is 9.28. The fourth-order valence-electron chi connectivity index (χ4n) is 1.95. The summed E-state index contributed by atoms with van der Waals surface area (Å²) in [6.07, 6.45) is 0.0140. The van der Waals surface area contributed by atoms with Gasteiger partial charge in [0.15, 0.2) is 0 Å². The van der Waals surface area contributed by atoms with Crippen LogP contribution < -0.4 is 0 Å². The second-order valence-corrected chi connectivity index (χ2v) is 5.30. The molecule has 0 heterocycles. The Labute approximate surface area is 123 Å². The number of hydrogen-bond acceptors (Lipinski definition) is 1. The van der Waals surface area contributed by atoms with Crippen molar-refractivity contribution in [3.05, 3.63) is 69.7 Å². The molecule has 0 aromatic heterocycles. The predicted octanol–water partition coefficient (Wildman–Crippen LogP) is 4.14. The first-order valence-electron chi connectivity index (χ1n) is 5.89. The van der Waals surface area contributed by atoms with E-state index in [1.807, 2.05) is 0 Å². The van der Waals surface area contributed by atoms with Gasteiger partial charge in [-0.2, -0.15) is 0 Å². The highest BCUT2D eigenvalue weighted by atomic mass is 79.9.